The Morgan fingerprint density at radius 1 is 1.07 bits per heavy atom. The third kappa shape index (κ3) is 6.15. The SMILES string of the molecule is COc1ccc(Br)cc1C(=O)CCC(=O)OC(C)C(=O)Nc1c(C)cccc1C. The number of hydrogen-bond acceptors (Lipinski definition) is 5. The van der Waals surface area contributed by atoms with Crippen LogP contribution in [0.15, 0.2) is 40.9 Å². The smallest absolute Gasteiger partial charge is 0.307 e. The number of ether oxygens (including phenoxy) is 2. The molecule has 0 spiro atoms. The molecule has 1 N–H and O–H groups in total. The number of benzene rings is 2. The molecular weight excluding hydrogens is 438 g/mol. The van der Waals surface area contributed by atoms with E-state index >= 15 is 0 Å². The minimum atomic E-state index is -0.975. The standard InChI is InChI=1S/C22H24BrNO5/c1-13-6-5-7-14(2)21(13)24-22(27)15(3)29-20(26)11-9-18(25)17-12-16(23)8-10-19(17)28-4/h5-8,10,12,15H,9,11H2,1-4H3,(H,24,27). The molecule has 7 heteroatoms. The fraction of sp³-hybridized carbons (Fsp3) is 0.318. The molecular formula is C22H24BrNO5. The van der Waals surface area contributed by atoms with Gasteiger partial charge in [0.2, 0.25) is 0 Å². The Labute approximate surface area is 178 Å². The molecule has 0 saturated carbocycles. The molecule has 0 aromatic heterocycles. The van der Waals surface area contributed by atoms with E-state index in [0.717, 1.165) is 15.6 Å². The molecule has 0 aliphatic heterocycles. The average Bonchev–Trinajstić information content (AvgIpc) is 2.68. The maximum atomic E-state index is 12.4. The summed E-state index contributed by atoms with van der Waals surface area (Å²) in [6.45, 7) is 5.28. The number of ketones is 1. The third-order valence-corrected chi connectivity index (χ3v) is 4.92. The van der Waals surface area contributed by atoms with Gasteiger partial charge in [0.25, 0.3) is 5.91 Å². The normalized spacial score (nSPS) is 11.5. The van der Waals surface area contributed by atoms with Crippen LogP contribution >= 0.6 is 15.9 Å². The van der Waals surface area contributed by atoms with E-state index in [4.69, 9.17) is 9.47 Å². The van der Waals surface area contributed by atoms with Crippen LogP contribution in [0.25, 0.3) is 0 Å². The minimum absolute atomic E-state index is 0.0448. The van der Waals surface area contributed by atoms with Crippen molar-refractivity contribution in [1.29, 1.82) is 0 Å². The fourth-order valence-corrected chi connectivity index (χ4v) is 3.16. The number of aryl methyl sites for hydroxylation is 2. The summed E-state index contributed by atoms with van der Waals surface area (Å²) in [5.41, 5.74) is 2.93. The van der Waals surface area contributed by atoms with Gasteiger partial charge in [-0.15, -0.1) is 0 Å². The highest BCUT2D eigenvalue weighted by molar-refractivity contribution is 9.10. The number of Topliss-reactive ketones (excluding diaryl/α,β-unsaturated/α-hetero) is 1. The number of amides is 1. The fourth-order valence-electron chi connectivity index (χ4n) is 2.79. The highest BCUT2D eigenvalue weighted by Gasteiger charge is 2.21. The molecule has 0 aliphatic rings. The summed E-state index contributed by atoms with van der Waals surface area (Å²) in [5, 5.41) is 2.79. The molecule has 0 heterocycles. The van der Waals surface area contributed by atoms with Gasteiger partial charge in [-0.25, -0.2) is 0 Å². The van der Waals surface area contributed by atoms with Gasteiger partial charge < -0.3 is 14.8 Å². The molecule has 2 aromatic rings. The van der Waals surface area contributed by atoms with Crippen molar-refractivity contribution in [2.45, 2.75) is 39.7 Å². The van der Waals surface area contributed by atoms with Crippen LogP contribution in [0.3, 0.4) is 0 Å². The Bertz CT molecular complexity index is 905. The molecule has 2 aromatic carbocycles. The van der Waals surface area contributed by atoms with E-state index in [1.165, 1.54) is 14.0 Å². The van der Waals surface area contributed by atoms with Crippen LogP contribution in [0.1, 0.15) is 41.3 Å². The van der Waals surface area contributed by atoms with E-state index in [1.54, 1.807) is 18.2 Å². The van der Waals surface area contributed by atoms with Crippen molar-refractivity contribution in [1.82, 2.24) is 0 Å². The lowest BCUT2D eigenvalue weighted by Gasteiger charge is -2.16. The number of anilines is 1. The van der Waals surface area contributed by atoms with Crippen LogP contribution in [0.5, 0.6) is 5.75 Å². The van der Waals surface area contributed by atoms with E-state index in [-0.39, 0.29) is 18.6 Å². The third-order valence-electron chi connectivity index (χ3n) is 4.42. The summed E-state index contributed by atoms with van der Waals surface area (Å²) >= 11 is 3.32. The van der Waals surface area contributed by atoms with Crippen LogP contribution in [-0.4, -0.2) is 30.9 Å². The molecule has 0 aliphatic carbocycles. The molecule has 6 nitrogen and oxygen atoms in total. The van der Waals surface area contributed by atoms with Crippen molar-refractivity contribution >= 4 is 39.3 Å². The quantitative estimate of drug-likeness (QED) is 0.458. The van der Waals surface area contributed by atoms with Gasteiger partial charge in [-0.1, -0.05) is 34.1 Å². The number of rotatable bonds is 8. The second kappa shape index (κ2) is 10.2. The Balaban J connectivity index is 1.91. The van der Waals surface area contributed by atoms with Gasteiger partial charge in [0.15, 0.2) is 11.9 Å². The molecule has 0 radical (unpaired) electrons. The van der Waals surface area contributed by atoms with Crippen LogP contribution in [0.4, 0.5) is 5.69 Å². The molecule has 1 atom stereocenters. The Kier molecular flexibility index (Phi) is 7.96. The Morgan fingerprint density at radius 3 is 2.34 bits per heavy atom. The molecule has 1 amide bonds. The van der Waals surface area contributed by atoms with Gasteiger partial charge in [-0.3, -0.25) is 14.4 Å². The summed E-state index contributed by atoms with van der Waals surface area (Å²) in [6.07, 6.45) is -1.15. The first-order chi connectivity index (χ1) is 13.7. The molecule has 0 saturated heterocycles. The number of carbonyl (C=O) groups excluding carboxylic acids is 3. The van der Waals surface area contributed by atoms with Gasteiger partial charge in [0.1, 0.15) is 5.75 Å². The second-order valence-electron chi connectivity index (χ2n) is 6.66. The molecule has 2 rings (SSSR count). The Hall–Kier alpha value is -2.67. The molecule has 0 bridgehead atoms. The maximum absolute atomic E-state index is 12.4. The van der Waals surface area contributed by atoms with Crippen LogP contribution in [0, 0.1) is 13.8 Å². The van der Waals surface area contributed by atoms with Crippen LogP contribution in [0.2, 0.25) is 0 Å². The van der Waals surface area contributed by atoms with Crippen LogP contribution < -0.4 is 10.1 Å². The second-order valence-corrected chi connectivity index (χ2v) is 7.57. The number of esters is 1. The summed E-state index contributed by atoms with van der Waals surface area (Å²) < 4.78 is 11.1. The first kappa shape index (κ1) is 22.6. The van der Waals surface area contributed by atoms with E-state index in [9.17, 15) is 14.4 Å². The lowest BCUT2D eigenvalue weighted by molar-refractivity contribution is -0.153. The monoisotopic (exact) mass is 461 g/mol. The van der Waals surface area contributed by atoms with Crippen molar-refractivity contribution in [2.75, 3.05) is 12.4 Å². The van der Waals surface area contributed by atoms with Gasteiger partial charge in [0.05, 0.1) is 19.1 Å². The predicted molar refractivity (Wildman–Crippen MR) is 114 cm³/mol. The van der Waals surface area contributed by atoms with Gasteiger partial charge >= 0.3 is 5.97 Å². The average molecular weight is 462 g/mol. The number of hydrogen-bond donors (Lipinski definition) is 1. The first-order valence-corrected chi connectivity index (χ1v) is 9.95. The summed E-state index contributed by atoms with van der Waals surface area (Å²) in [6, 6.07) is 10.8. The number of nitrogens with one attached hydrogen (secondary N) is 1. The number of halogens is 1. The van der Waals surface area contributed by atoms with Crippen molar-refractivity contribution in [3.8, 4) is 5.75 Å². The van der Waals surface area contributed by atoms with Crippen molar-refractivity contribution in [3.05, 3.63) is 57.6 Å². The van der Waals surface area contributed by atoms with Crippen molar-refractivity contribution in [2.24, 2.45) is 0 Å². The van der Waals surface area contributed by atoms with Gasteiger partial charge in [-0.05, 0) is 50.1 Å². The van der Waals surface area contributed by atoms with Gasteiger partial charge in [-0.2, -0.15) is 0 Å². The zero-order valence-electron chi connectivity index (χ0n) is 16.9. The molecule has 154 valence electrons. The van der Waals surface area contributed by atoms with Crippen molar-refractivity contribution < 1.29 is 23.9 Å². The molecule has 0 fully saturated rings. The predicted octanol–water partition coefficient (Wildman–Crippen LogP) is 4.61. The van der Waals surface area contributed by atoms with E-state index in [0.29, 0.717) is 17.0 Å². The van der Waals surface area contributed by atoms with E-state index in [1.807, 2.05) is 32.0 Å². The molecule has 29 heavy (non-hydrogen) atoms. The lowest BCUT2D eigenvalue weighted by Crippen LogP contribution is -2.30. The Morgan fingerprint density at radius 2 is 1.72 bits per heavy atom. The van der Waals surface area contributed by atoms with Crippen molar-refractivity contribution in [3.63, 3.8) is 0 Å². The minimum Gasteiger partial charge on any atom is -0.496 e. The summed E-state index contributed by atoms with van der Waals surface area (Å²) in [7, 11) is 1.48. The summed E-state index contributed by atoms with van der Waals surface area (Å²) in [5.74, 6) is -0.840. The first-order valence-electron chi connectivity index (χ1n) is 9.16. The highest BCUT2D eigenvalue weighted by Crippen LogP contribution is 2.25. The largest absolute Gasteiger partial charge is 0.496 e. The highest BCUT2D eigenvalue weighted by atomic mass is 79.9. The number of methoxy groups -OCH3 is 1. The number of para-hydroxylation sites is 1. The van der Waals surface area contributed by atoms with Gasteiger partial charge in [0, 0.05) is 16.6 Å². The maximum Gasteiger partial charge on any atom is 0.307 e. The zero-order valence-corrected chi connectivity index (χ0v) is 18.5. The lowest BCUT2D eigenvalue weighted by atomic mass is 10.1. The van der Waals surface area contributed by atoms with E-state index in [2.05, 4.69) is 21.2 Å². The topological polar surface area (TPSA) is 81.7 Å². The van der Waals surface area contributed by atoms with Crippen LogP contribution in [-0.2, 0) is 14.3 Å². The summed E-state index contributed by atoms with van der Waals surface area (Å²) in [4.78, 5) is 36.9. The van der Waals surface area contributed by atoms with E-state index < -0.39 is 18.0 Å². The number of carbonyl (C=O) groups is 3. The molecule has 1 unspecified atom stereocenters. The zero-order chi connectivity index (χ0) is 21.6.